The lowest BCUT2D eigenvalue weighted by Crippen LogP contribution is -2.36. The van der Waals surface area contributed by atoms with E-state index in [9.17, 15) is 9.59 Å². The molecule has 8 nitrogen and oxygen atoms in total. The number of rotatable bonds is 7. The summed E-state index contributed by atoms with van der Waals surface area (Å²) in [5.74, 6) is -0.310. The van der Waals surface area contributed by atoms with Crippen molar-refractivity contribution < 1.29 is 9.59 Å². The first kappa shape index (κ1) is 21.5. The van der Waals surface area contributed by atoms with Crippen LogP contribution in [0.1, 0.15) is 16.7 Å². The SMILES string of the molecule is Cc1ccc(NC(=O)CN(C)C(=O)CSc2nnnn2-c2c(C)cccc2C)cc1. The fraction of sp³-hybridized carbons (Fsp3) is 0.286. The molecule has 1 aromatic heterocycles. The van der Waals surface area contributed by atoms with Gasteiger partial charge < -0.3 is 10.2 Å². The zero-order valence-electron chi connectivity index (χ0n) is 17.4. The van der Waals surface area contributed by atoms with Gasteiger partial charge >= 0.3 is 0 Å². The highest BCUT2D eigenvalue weighted by molar-refractivity contribution is 7.99. The second kappa shape index (κ2) is 9.53. The maximum absolute atomic E-state index is 12.5. The van der Waals surface area contributed by atoms with Crippen LogP contribution in [0.25, 0.3) is 5.69 Å². The standard InChI is InChI=1S/C21H24N6O2S/c1-14-8-10-17(11-9-14)22-18(28)12-26(4)19(29)13-30-21-23-24-25-27(21)20-15(2)6-5-7-16(20)3/h5-11H,12-13H2,1-4H3,(H,22,28). The van der Waals surface area contributed by atoms with E-state index in [4.69, 9.17) is 0 Å². The Bertz CT molecular complexity index is 1030. The first-order chi connectivity index (χ1) is 14.3. The number of para-hydroxylation sites is 1. The molecule has 0 aliphatic rings. The number of hydrogen-bond donors (Lipinski definition) is 1. The van der Waals surface area contributed by atoms with Gasteiger partial charge in [-0.05, 0) is 54.5 Å². The van der Waals surface area contributed by atoms with E-state index in [-0.39, 0.29) is 24.1 Å². The van der Waals surface area contributed by atoms with Crippen LogP contribution in [-0.4, -0.2) is 56.3 Å². The minimum absolute atomic E-state index is 0.0326. The lowest BCUT2D eigenvalue weighted by Gasteiger charge is -2.17. The highest BCUT2D eigenvalue weighted by Crippen LogP contribution is 2.23. The highest BCUT2D eigenvalue weighted by atomic mass is 32.2. The molecule has 30 heavy (non-hydrogen) atoms. The molecule has 2 amide bonds. The fourth-order valence-electron chi connectivity index (χ4n) is 2.93. The number of nitrogens with zero attached hydrogens (tertiary/aromatic N) is 5. The van der Waals surface area contributed by atoms with Crippen molar-refractivity contribution in [1.82, 2.24) is 25.1 Å². The average molecular weight is 425 g/mol. The van der Waals surface area contributed by atoms with Gasteiger partial charge in [0, 0.05) is 12.7 Å². The molecular weight excluding hydrogens is 400 g/mol. The minimum Gasteiger partial charge on any atom is -0.336 e. The number of thioether (sulfide) groups is 1. The Labute approximate surface area is 179 Å². The van der Waals surface area contributed by atoms with Crippen LogP contribution >= 0.6 is 11.8 Å². The Morgan fingerprint density at radius 3 is 2.40 bits per heavy atom. The number of hydrogen-bond acceptors (Lipinski definition) is 6. The van der Waals surface area contributed by atoms with Crippen LogP contribution in [0.4, 0.5) is 5.69 Å². The van der Waals surface area contributed by atoms with Gasteiger partial charge in [-0.25, -0.2) is 0 Å². The van der Waals surface area contributed by atoms with Gasteiger partial charge in [0.2, 0.25) is 17.0 Å². The summed E-state index contributed by atoms with van der Waals surface area (Å²) in [7, 11) is 1.60. The van der Waals surface area contributed by atoms with Crippen molar-refractivity contribution in [1.29, 1.82) is 0 Å². The summed E-state index contributed by atoms with van der Waals surface area (Å²) < 4.78 is 1.65. The summed E-state index contributed by atoms with van der Waals surface area (Å²) in [6.45, 7) is 5.93. The third-order valence-electron chi connectivity index (χ3n) is 4.56. The smallest absolute Gasteiger partial charge is 0.243 e. The molecule has 1 heterocycles. The molecule has 0 fully saturated rings. The number of benzene rings is 2. The quantitative estimate of drug-likeness (QED) is 0.586. The second-order valence-corrected chi connectivity index (χ2v) is 8.01. The maximum Gasteiger partial charge on any atom is 0.243 e. The van der Waals surface area contributed by atoms with Crippen molar-refractivity contribution in [2.75, 3.05) is 24.7 Å². The number of aromatic nitrogens is 4. The number of nitrogens with one attached hydrogen (secondary N) is 1. The van der Waals surface area contributed by atoms with Crippen molar-refractivity contribution in [2.45, 2.75) is 25.9 Å². The zero-order chi connectivity index (χ0) is 21.7. The summed E-state index contributed by atoms with van der Waals surface area (Å²) in [6.07, 6.45) is 0. The first-order valence-electron chi connectivity index (χ1n) is 9.43. The molecule has 0 atom stereocenters. The van der Waals surface area contributed by atoms with Crippen LogP contribution in [0.2, 0.25) is 0 Å². The van der Waals surface area contributed by atoms with Gasteiger partial charge in [0.1, 0.15) is 0 Å². The molecule has 0 radical (unpaired) electrons. The van der Waals surface area contributed by atoms with E-state index in [0.29, 0.717) is 10.8 Å². The maximum atomic E-state index is 12.5. The van der Waals surface area contributed by atoms with Crippen molar-refractivity contribution in [3.8, 4) is 5.69 Å². The van der Waals surface area contributed by atoms with Crippen LogP contribution in [0.5, 0.6) is 0 Å². The van der Waals surface area contributed by atoms with E-state index in [1.165, 1.54) is 16.7 Å². The fourth-order valence-corrected chi connectivity index (χ4v) is 3.74. The van der Waals surface area contributed by atoms with Gasteiger partial charge in [-0.15, -0.1) is 5.10 Å². The summed E-state index contributed by atoms with van der Waals surface area (Å²) in [5, 5.41) is 15.2. The highest BCUT2D eigenvalue weighted by Gasteiger charge is 2.18. The topological polar surface area (TPSA) is 93.0 Å². The number of amides is 2. The number of likely N-dealkylation sites (N-methyl/N-ethyl adjacent to an activating group) is 1. The summed E-state index contributed by atoms with van der Waals surface area (Å²) in [6, 6.07) is 13.5. The van der Waals surface area contributed by atoms with E-state index in [2.05, 4.69) is 20.8 Å². The van der Waals surface area contributed by atoms with Crippen LogP contribution in [0.3, 0.4) is 0 Å². The lowest BCUT2D eigenvalue weighted by molar-refractivity contribution is -0.131. The van der Waals surface area contributed by atoms with Gasteiger partial charge in [-0.1, -0.05) is 47.7 Å². The molecule has 2 aromatic carbocycles. The third-order valence-corrected chi connectivity index (χ3v) is 5.46. The molecule has 0 bridgehead atoms. The Morgan fingerprint density at radius 1 is 1.07 bits per heavy atom. The third kappa shape index (κ3) is 5.24. The molecule has 9 heteroatoms. The molecule has 0 saturated carbocycles. The Hall–Kier alpha value is -3.20. The van der Waals surface area contributed by atoms with Crippen LogP contribution in [0, 0.1) is 20.8 Å². The van der Waals surface area contributed by atoms with Gasteiger partial charge in [0.15, 0.2) is 0 Å². The van der Waals surface area contributed by atoms with E-state index < -0.39 is 0 Å². The molecule has 0 unspecified atom stereocenters. The Kier molecular flexibility index (Phi) is 6.83. The van der Waals surface area contributed by atoms with Crippen LogP contribution in [0.15, 0.2) is 47.6 Å². The molecule has 3 aromatic rings. The predicted molar refractivity (Wildman–Crippen MR) is 117 cm³/mol. The molecule has 0 spiro atoms. The second-order valence-electron chi connectivity index (χ2n) is 7.07. The van der Waals surface area contributed by atoms with Gasteiger partial charge in [-0.2, -0.15) is 4.68 Å². The normalized spacial score (nSPS) is 10.7. The number of carbonyl (C=O) groups is 2. The summed E-state index contributed by atoms with van der Waals surface area (Å²) in [5.41, 5.74) is 4.80. The lowest BCUT2D eigenvalue weighted by atomic mass is 10.1. The Balaban J connectivity index is 1.58. The molecule has 0 aliphatic carbocycles. The van der Waals surface area contributed by atoms with Crippen molar-refractivity contribution >= 4 is 29.3 Å². The van der Waals surface area contributed by atoms with Gasteiger partial charge in [0.25, 0.3) is 0 Å². The van der Waals surface area contributed by atoms with Gasteiger partial charge in [0.05, 0.1) is 18.0 Å². The molecule has 0 aliphatic heterocycles. The molecule has 156 valence electrons. The summed E-state index contributed by atoms with van der Waals surface area (Å²) in [4.78, 5) is 26.1. The minimum atomic E-state index is -0.250. The molecule has 1 N–H and O–H groups in total. The predicted octanol–water partition coefficient (Wildman–Crippen LogP) is 2.78. The van der Waals surface area contributed by atoms with E-state index >= 15 is 0 Å². The van der Waals surface area contributed by atoms with Gasteiger partial charge in [-0.3, -0.25) is 9.59 Å². The number of anilines is 1. The van der Waals surface area contributed by atoms with Crippen molar-refractivity contribution in [3.05, 3.63) is 59.2 Å². The molecule has 0 saturated heterocycles. The Morgan fingerprint density at radius 2 is 1.73 bits per heavy atom. The monoisotopic (exact) mass is 424 g/mol. The van der Waals surface area contributed by atoms with Crippen LogP contribution in [-0.2, 0) is 9.59 Å². The van der Waals surface area contributed by atoms with E-state index in [0.717, 1.165) is 22.4 Å². The number of carbonyl (C=O) groups excluding carboxylic acids is 2. The van der Waals surface area contributed by atoms with E-state index in [1.54, 1.807) is 11.7 Å². The molecule has 3 rings (SSSR count). The van der Waals surface area contributed by atoms with Crippen molar-refractivity contribution in [3.63, 3.8) is 0 Å². The van der Waals surface area contributed by atoms with Crippen molar-refractivity contribution in [2.24, 2.45) is 0 Å². The average Bonchev–Trinajstić information content (AvgIpc) is 3.15. The molecular formula is C21H24N6O2S. The number of aryl methyl sites for hydroxylation is 3. The number of tetrazole rings is 1. The largest absolute Gasteiger partial charge is 0.336 e. The van der Waals surface area contributed by atoms with E-state index in [1.807, 2.05) is 63.2 Å². The van der Waals surface area contributed by atoms with Crippen LogP contribution < -0.4 is 5.32 Å². The zero-order valence-corrected chi connectivity index (χ0v) is 18.2. The summed E-state index contributed by atoms with van der Waals surface area (Å²) >= 11 is 1.24. The first-order valence-corrected chi connectivity index (χ1v) is 10.4.